The molecule has 0 radical (unpaired) electrons. The van der Waals surface area contributed by atoms with Crippen LogP contribution in [-0.4, -0.2) is 37.3 Å². The van der Waals surface area contributed by atoms with Gasteiger partial charge in [-0.1, -0.05) is 6.07 Å². The minimum atomic E-state index is 0.0439. The van der Waals surface area contributed by atoms with Crippen LogP contribution >= 0.6 is 0 Å². The summed E-state index contributed by atoms with van der Waals surface area (Å²) in [5.74, 6) is 0.0439. The number of amides is 1. The van der Waals surface area contributed by atoms with Crippen molar-refractivity contribution in [2.75, 3.05) is 6.54 Å². The van der Waals surface area contributed by atoms with E-state index in [-0.39, 0.29) is 12.5 Å². The van der Waals surface area contributed by atoms with E-state index in [2.05, 4.69) is 21.2 Å². The molecule has 2 aromatic rings. The maximum Gasteiger partial charge on any atom is 0.246 e. The van der Waals surface area contributed by atoms with E-state index in [4.69, 9.17) is 0 Å². The van der Waals surface area contributed by atoms with Crippen LogP contribution in [0, 0.1) is 6.92 Å². The minimum Gasteiger partial charge on any atom is -0.336 e. The Hall–Kier alpha value is -2.24. The predicted octanol–water partition coefficient (Wildman–Crippen LogP) is 0.566. The van der Waals surface area contributed by atoms with E-state index in [1.807, 2.05) is 17.9 Å². The molecule has 0 atom stereocenters. The summed E-state index contributed by atoms with van der Waals surface area (Å²) in [5.41, 5.74) is 3.28. The first-order chi connectivity index (χ1) is 9.22. The van der Waals surface area contributed by atoms with E-state index in [1.165, 1.54) is 4.80 Å². The molecular formula is C13H15N5O. The van der Waals surface area contributed by atoms with Crippen LogP contribution in [0.2, 0.25) is 0 Å². The van der Waals surface area contributed by atoms with Crippen LogP contribution in [0.4, 0.5) is 0 Å². The number of pyridine rings is 1. The molecule has 0 saturated carbocycles. The number of aromatic nitrogens is 4. The quantitative estimate of drug-likeness (QED) is 0.789. The summed E-state index contributed by atoms with van der Waals surface area (Å²) in [6, 6.07) is 4.05. The van der Waals surface area contributed by atoms with Crippen molar-refractivity contribution < 1.29 is 4.79 Å². The first-order valence-electron chi connectivity index (χ1n) is 6.29. The normalized spacial score (nSPS) is 14.3. The molecule has 6 nitrogen and oxygen atoms in total. The van der Waals surface area contributed by atoms with E-state index in [1.54, 1.807) is 12.4 Å². The Labute approximate surface area is 111 Å². The Balaban J connectivity index is 1.71. The highest BCUT2D eigenvalue weighted by Gasteiger charge is 2.21. The Morgan fingerprint density at radius 2 is 2.11 bits per heavy atom. The van der Waals surface area contributed by atoms with Gasteiger partial charge in [0, 0.05) is 30.9 Å². The number of aryl methyl sites for hydroxylation is 1. The summed E-state index contributed by atoms with van der Waals surface area (Å²) < 4.78 is 0. The zero-order valence-electron chi connectivity index (χ0n) is 10.8. The lowest BCUT2D eigenvalue weighted by Crippen LogP contribution is -2.38. The molecule has 0 aliphatic carbocycles. The van der Waals surface area contributed by atoms with Crippen LogP contribution in [0.15, 0.2) is 24.5 Å². The van der Waals surface area contributed by atoms with Crippen molar-refractivity contribution in [2.45, 2.75) is 26.4 Å². The van der Waals surface area contributed by atoms with Gasteiger partial charge in [-0.25, -0.2) is 0 Å². The van der Waals surface area contributed by atoms with Gasteiger partial charge in [0.05, 0.1) is 12.4 Å². The molecular weight excluding hydrogens is 242 g/mol. The lowest BCUT2D eigenvalue weighted by atomic mass is 10.1. The zero-order chi connectivity index (χ0) is 13.2. The fourth-order valence-electron chi connectivity index (χ4n) is 2.28. The molecule has 0 unspecified atom stereocenters. The number of carbonyl (C=O) groups excluding carboxylic acids is 1. The highest BCUT2D eigenvalue weighted by molar-refractivity contribution is 5.76. The highest BCUT2D eigenvalue weighted by atomic mass is 16.2. The van der Waals surface area contributed by atoms with Crippen molar-refractivity contribution in [3.63, 3.8) is 0 Å². The van der Waals surface area contributed by atoms with Gasteiger partial charge in [0.2, 0.25) is 5.91 Å². The van der Waals surface area contributed by atoms with Crippen molar-refractivity contribution in [1.29, 1.82) is 0 Å². The molecule has 6 heteroatoms. The van der Waals surface area contributed by atoms with Crippen LogP contribution < -0.4 is 0 Å². The first kappa shape index (κ1) is 11.8. The van der Waals surface area contributed by atoms with Gasteiger partial charge in [0.1, 0.15) is 6.54 Å². The lowest BCUT2D eigenvalue weighted by molar-refractivity contribution is -0.133. The molecule has 0 saturated heterocycles. The van der Waals surface area contributed by atoms with Crippen molar-refractivity contribution in [3.05, 3.63) is 41.5 Å². The molecule has 2 aromatic heterocycles. The van der Waals surface area contributed by atoms with Gasteiger partial charge < -0.3 is 4.90 Å². The Morgan fingerprint density at radius 1 is 1.32 bits per heavy atom. The number of carbonyl (C=O) groups is 1. The summed E-state index contributed by atoms with van der Waals surface area (Å²) in [6.07, 6.45) is 3.96. The van der Waals surface area contributed by atoms with Gasteiger partial charge in [-0.15, -0.1) is 0 Å². The Kier molecular flexibility index (Phi) is 2.98. The number of hydrogen-bond donors (Lipinski definition) is 0. The van der Waals surface area contributed by atoms with Gasteiger partial charge in [-0.2, -0.15) is 15.0 Å². The van der Waals surface area contributed by atoms with Crippen molar-refractivity contribution >= 4 is 5.91 Å². The smallest absolute Gasteiger partial charge is 0.246 e. The topological polar surface area (TPSA) is 63.9 Å². The molecule has 98 valence electrons. The standard InChI is InChI=1S/C13H15N5O/c1-10-2-3-11-8-17(7-4-12(11)16-10)13(19)9-18-14-5-6-15-18/h2-3,5-6H,4,7-9H2,1H3. The molecule has 3 heterocycles. The van der Waals surface area contributed by atoms with E-state index < -0.39 is 0 Å². The van der Waals surface area contributed by atoms with E-state index in [9.17, 15) is 4.79 Å². The minimum absolute atomic E-state index is 0.0439. The number of nitrogens with zero attached hydrogens (tertiary/aromatic N) is 5. The van der Waals surface area contributed by atoms with Crippen LogP contribution in [-0.2, 0) is 24.3 Å². The monoisotopic (exact) mass is 257 g/mol. The molecule has 0 bridgehead atoms. The van der Waals surface area contributed by atoms with Gasteiger partial charge in [0.15, 0.2) is 0 Å². The Bertz CT molecular complexity index is 593. The molecule has 0 spiro atoms. The highest BCUT2D eigenvalue weighted by Crippen LogP contribution is 2.17. The second-order valence-electron chi connectivity index (χ2n) is 4.68. The second kappa shape index (κ2) is 4.79. The van der Waals surface area contributed by atoms with Gasteiger partial charge >= 0.3 is 0 Å². The van der Waals surface area contributed by atoms with Crippen LogP contribution in [0.25, 0.3) is 0 Å². The van der Waals surface area contributed by atoms with Gasteiger partial charge in [-0.05, 0) is 18.6 Å². The molecule has 3 rings (SSSR count). The van der Waals surface area contributed by atoms with Gasteiger partial charge in [0.25, 0.3) is 0 Å². The van der Waals surface area contributed by atoms with Gasteiger partial charge in [-0.3, -0.25) is 9.78 Å². The molecule has 0 fully saturated rings. The third kappa shape index (κ3) is 2.47. The van der Waals surface area contributed by atoms with Crippen LogP contribution in [0.1, 0.15) is 17.0 Å². The summed E-state index contributed by atoms with van der Waals surface area (Å²) in [5, 5.41) is 7.91. The average molecular weight is 257 g/mol. The zero-order valence-corrected chi connectivity index (χ0v) is 10.8. The van der Waals surface area contributed by atoms with Crippen molar-refractivity contribution in [3.8, 4) is 0 Å². The third-order valence-corrected chi connectivity index (χ3v) is 3.28. The van der Waals surface area contributed by atoms with Crippen molar-refractivity contribution in [2.24, 2.45) is 0 Å². The fourth-order valence-corrected chi connectivity index (χ4v) is 2.28. The summed E-state index contributed by atoms with van der Waals surface area (Å²) in [7, 11) is 0. The fraction of sp³-hybridized carbons (Fsp3) is 0.385. The average Bonchev–Trinajstić information content (AvgIpc) is 2.91. The molecule has 1 aliphatic rings. The molecule has 1 amide bonds. The van der Waals surface area contributed by atoms with Crippen molar-refractivity contribution in [1.82, 2.24) is 24.9 Å². The molecule has 0 N–H and O–H groups in total. The summed E-state index contributed by atoms with van der Waals surface area (Å²) in [4.78, 5) is 19.9. The maximum atomic E-state index is 12.1. The number of fused-ring (bicyclic) bond motifs is 1. The number of rotatable bonds is 2. The third-order valence-electron chi connectivity index (χ3n) is 3.28. The molecule has 0 aromatic carbocycles. The van der Waals surface area contributed by atoms with E-state index in [0.717, 1.165) is 23.4 Å². The van der Waals surface area contributed by atoms with E-state index >= 15 is 0 Å². The lowest BCUT2D eigenvalue weighted by Gasteiger charge is -2.28. The van der Waals surface area contributed by atoms with Crippen LogP contribution in [0.5, 0.6) is 0 Å². The maximum absolute atomic E-state index is 12.1. The predicted molar refractivity (Wildman–Crippen MR) is 68.1 cm³/mol. The molecule has 19 heavy (non-hydrogen) atoms. The number of hydrogen-bond acceptors (Lipinski definition) is 4. The largest absolute Gasteiger partial charge is 0.336 e. The van der Waals surface area contributed by atoms with E-state index in [0.29, 0.717) is 13.1 Å². The summed E-state index contributed by atoms with van der Waals surface area (Å²) in [6.45, 7) is 3.52. The Morgan fingerprint density at radius 3 is 2.89 bits per heavy atom. The first-order valence-corrected chi connectivity index (χ1v) is 6.29. The second-order valence-corrected chi connectivity index (χ2v) is 4.68. The van der Waals surface area contributed by atoms with Crippen LogP contribution in [0.3, 0.4) is 0 Å². The summed E-state index contributed by atoms with van der Waals surface area (Å²) >= 11 is 0. The SMILES string of the molecule is Cc1ccc2c(n1)CCN(C(=O)Cn1nccn1)C2. The molecule has 1 aliphatic heterocycles.